The van der Waals surface area contributed by atoms with Crippen molar-refractivity contribution in [3.05, 3.63) is 186 Å². The predicted molar refractivity (Wildman–Crippen MR) is 484 cm³/mol. The Bertz CT molecular complexity index is 5650. The number of carbonyl (C=O) groups excluding carboxylic acids is 13. The summed E-state index contributed by atoms with van der Waals surface area (Å²) in [6, 6.07) is 20.0. The number of hydrogen-bond acceptors (Lipinski definition) is 26. The Morgan fingerprint density at radius 1 is 0.373 bits per heavy atom. The lowest BCUT2D eigenvalue weighted by Gasteiger charge is -2.23. The van der Waals surface area contributed by atoms with Crippen molar-refractivity contribution in [2.24, 2.45) is 49.3 Å². The molecule has 8 heterocycles. The third kappa shape index (κ3) is 32.5. The second-order valence-electron chi connectivity index (χ2n) is 30.4. The van der Waals surface area contributed by atoms with Gasteiger partial charge in [0, 0.05) is 188 Å². The molecule has 0 saturated heterocycles. The number of imidazole rings is 4. The van der Waals surface area contributed by atoms with E-state index in [0.717, 1.165) is 17.7 Å². The van der Waals surface area contributed by atoms with E-state index in [9.17, 15) is 62.3 Å². The summed E-state index contributed by atoms with van der Waals surface area (Å²) in [5.41, 5.74) is 5.75. The average molecular weight is 1860 g/mol. The summed E-state index contributed by atoms with van der Waals surface area (Å²) in [7, 11) is 11.2. The van der Waals surface area contributed by atoms with E-state index in [1.807, 2.05) is 36.5 Å². The van der Waals surface area contributed by atoms with Crippen molar-refractivity contribution < 1.29 is 96.0 Å². The molecule has 2 aromatic carbocycles. The molecule has 0 radical (unpaired) electrons. The number of ether oxygens (including phenoxy) is 6. The normalized spacial score (nSPS) is 11.0. The van der Waals surface area contributed by atoms with Crippen LogP contribution in [0.4, 0.5) is 45.0 Å². The zero-order valence-corrected chi connectivity index (χ0v) is 75.3. The number of nitrogens with zero attached hydrogens (tertiary/aromatic N) is 15. The molecular formula is C86H112N28O20. The largest absolute Gasteiger partial charge is 0.377 e. The van der Waals surface area contributed by atoms with E-state index in [1.165, 1.54) is 82.8 Å². The molecule has 10 rings (SSSR count). The van der Waals surface area contributed by atoms with Gasteiger partial charge in [-0.2, -0.15) is 0 Å². The molecule has 14 N–H and O–H groups in total. The number of carbonyl (C=O) groups is 13. The SMILES string of the molecule is Cn1cc(NC(=O)c2nc(NC(=O)CCNC(=O)c3cc(NC(=O)c4nccn4C)cn3C)cn2C)cc1C(=O)NCCCC(=O)Nc1cn(C)c(C(=O)NCCC(=O)Nc2cc(C(=O)Nc3cn(C)c(C(=O)NCCC(=O)NCCOCCOCCOCCOCCOCCOCCn4cc(CCCCN(Cc5ccc(C(=O)NO)cc5)C(=O)Nc5ccccc5)nn4)n3)n(C)c2)n1. The fourth-order valence-corrected chi connectivity index (χ4v) is 13.1. The van der Waals surface area contributed by atoms with Gasteiger partial charge in [0.1, 0.15) is 17.1 Å². The number of hydroxylamine groups is 1. The molecule has 0 aliphatic heterocycles. The van der Waals surface area contributed by atoms with Crippen molar-refractivity contribution in [3.63, 3.8) is 0 Å². The van der Waals surface area contributed by atoms with Gasteiger partial charge in [-0.05, 0) is 73.7 Å². The number of nitrogens with one attached hydrogen (secondary N) is 13. The molecule has 0 spiro atoms. The summed E-state index contributed by atoms with van der Waals surface area (Å²) in [4.78, 5) is 186. The van der Waals surface area contributed by atoms with E-state index in [-0.39, 0.29) is 153 Å². The Kier molecular flexibility index (Phi) is 39.3. The van der Waals surface area contributed by atoms with Crippen LogP contribution in [-0.2, 0) is 116 Å². The van der Waals surface area contributed by atoms with Gasteiger partial charge >= 0.3 is 6.03 Å². The Morgan fingerprint density at radius 3 is 1.35 bits per heavy atom. The second kappa shape index (κ2) is 52.1. The van der Waals surface area contributed by atoms with Gasteiger partial charge in [0.05, 0.1) is 109 Å². The van der Waals surface area contributed by atoms with Gasteiger partial charge in [-0.3, -0.25) is 62.7 Å². The number of hydrogen-bond donors (Lipinski definition) is 14. The highest BCUT2D eigenvalue weighted by atomic mass is 16.6. The highest BCUT2D eigenvalue weighted by molar-refractivity contribution is 6.06. The van der Waals surface area contributed by atoms with E-state index < -0.39 is 65.0 Å². The summed E-state index contributed by atoms with van der Waals surface area (Å²) < 4.78 is 45.5. The molecule has 0 aliphatic carbocycles. The van der Waals surface area contributed by atoms with Gasteiger partial charge in [-0.25, -0.2) is 34.9 Å². The highest BCUT2D eigenvalue weighted by Crippen LogP contribution is 2.21. The average Bonchev–Trinajstić information content (AvgIpc) is 1.68. The lowest BCUT2D eigenvalue weighted by Crippen LogP contribution is -2.35. The van der Waals surface area contributed by atoms with Crippen molar-refractivity contribution in [2.75, 3.05) is 156 Å². The van der Waals surface area contributed by atoms with Gasteiger partial charge < -0.3 is 129 Å². The number of benzene rings is 2. The first kappa shape index (κ1) is 101. The lowest BCUT2D eigenvalue weighted by molar-refractivity contribution is -0.121. The molecule has 0 bridgehead atoms. The van der Waals surface area contributed by atoms with Gasteiger partial charge in [0.25, 0.3) is 47.3 Å². The number of amides is 14. The van der Waals surface area contributed by atoms with Crippen LogP contribution in [-0.4, -0.2) is 272 Å². The molecule has 0 atom stereocenters. The van der Waals surface area contributed by atoms with Gasteiger partial charge in [-0.1, -0.05) is 35.5 Å². The van der Waals surface area contributed by atoms with E-state index in [2.05, 4.69) is 94.0 Å². The number of unbranched alkanes of at least 4 members (excludes halogenated alkanes) is 1. The second-order valence-corrected chi connectivity index (χ2v) is 30.4. The number of urea groups is 1. The van der Waals surface area contributed by atoms with Gasteiger partial charge in [-0.15, -0.1) is 5.10 Å². The monoisotopic (exact) mass is 1860 g/mol. The molecule has 0 fully saturated rings. The summed E-state index contributed by atoms with van der Waals surface area (Å²) >= 11 is 0. The number of rotatable bonds is 56. The first-order chi connectivity index (χ1) is 64.6. The zero-order chi connectivity index (χ0) is 95.8. The molecule has 14 amide bonds. The van der Waals surface area contributed by atoms with E-state index in [0.29, 0.717) is 122 Å². The molecule has 0 unspecified atom stereocenters. The fraction of sp³-hybridized carbons (Fsp3) is 0.407. The maximum Gasteiger partial charge on any atom is 0.322 e. The van der Waals surface area contributed by atoms with Crippen LogP contribution in [0.1, 0.15) is 141 Å². The molecule has 48 nitrogen and oxygen atoms in total. The Labute approximate surface area is 769 Å². The summed E-state index contributed by atoms with van der Waals surface area (Å²) in [6.45, 7) is 5.89. The van der Waals surface area contributed by atoms with Crippen LogP contribution in [0.5, 0.6) is 0 Å². The van der Waals surface area contributed by atoms with Crippen LogP contribution >= 0.6 is 0 Å². The topological polar surface area (TPSA) is 574 Å². The number of anilines is 7. The molecule has 10 aromatic rings. The number of aryl methyl sites for hydroxylation is 8. The van der Waals surface area contributed by atoms with Crippen LogP contribution < -0.4 is 69.3 Å². The zero-order valence-electron chi connectivity index (χ0n) is 75.3. The summed E-state index contributed by atoms with van der Waals surface area (Å²) in [5, 5.41) is 49.8. The minimum atomic E-state index is -0.642. The molecular weight excluding hydrogens is 1750 g/mol. The first-order valence-electron chi connectivity index (χ1n) is 42.9. The standard InChI is InChI=1S/C86H112N28O20/c1-106-32-29-88-74(106)84(125)94-62-47-65(108(3)51-62)80(121)90-27-24-73(118)98-68-55-112(7)77(100-68)85(126)95-63-48-64(107(2)52-63)79(120)89-25-13-17-71(116)97-67-54-110(5)75(99-67)82(123)92-28-23-72(117)93-61-46-66(109(4)50-61)81(122)102-69-56-111(6)76(101-69)83(124)91-26-22-70(115)87-30-34-129-36-38-131-40-42-133-44-45-134-43-41-132-39-37-130-35-33-114-53-60(103-105-114)16-11-12-31-113(86(127)96-59-14-9-8-10-15-59)49-57-18-20-58(21-19-57)78(119)104-128/h8-10,14-15,18-21,29,32,46-48,50-56,128H,11-13,16-17,22-28,30-31,33-45,49H2,1-7H3,(H,87,115)(H,89,120)(H,90,121)(H,91,124)(H,92,123)(H,93,117)(H,94,125)(H,95,126)(H,96,127)(H,97,116)(H,98,118)(H,102,122)(H,104,119). The maximum atomic E-state index is 13.4. The van der Waals surface area contributed by atoms with E-state index in [1.54, 1.807) is 106 Å². The van der Waals surface area contributed by atoms with E-state index in [4.69, 9.17) is 33.6 Å². The van der Waals surface area contributed by atoms with Crippen LogP contribution in [0.15, 0.2) is 129 Å². The Balaban J connectivity index is 0.494. The quantitative estimate of drug-likeness (QED) is 0.0148. The van der Waals surface area contributed by atoms with Crippen molar-refractivity contribution in [2.45, 2.75) is 64.5 Å². The first-order valence-corrected chi connectivity index (χ1v) is 42.9. The van der Waals surface area contributed by atoms with Crippen molar-refractivity contribution >= 4 is 117 Å². The number of aromatic nitrogens is 14. The Hall–Kier alpha value is -15.1. The van der Waals surface area contributed by atoms with Crippen LogP contribution in [0.25, 0.3) is 0 Å². The van der Waals surface area contributed by atoms with Crippen molar-refractivity contribution in [1.82, 2.24) is 104 Å². The molecule has 48 heteroatoms. The van der Waals surface area contributed by atoms with Crippen LogP contribution in [0.2, 0.25) is 0 Å². The highest BCUT2D eigenvalue weighted by Gasteiger charge is 2.25. The molecule has 0 aliphatic rings. The third-order valence-electron chi connectivity index (χ3n) is 19.9. The molecule has 134 heavy (non-hydrogen) atoms. The minimum absolute atomic E-state index is 0.000312. The van der Waals surface area contributed by atoms with Gasteiger partial charge in [0.15, 0.2) is 23.3 Å². The lowest BCUT2D eigenvalue weighted by atomic mass is 10.1. The third-order valence-corrected chi connectivity index (χ3v) is 19.9. The predicted octanol–water partition coefficient (Wildman–Crippen LogP) is 2.86. The Morgan fingerprint density at radius 2 is 0.828 bits per heavy atom. The van der Waals surface area contributed by atoms with E-state index >= 15 is 0 Å². The molecule has 716 valence electrons. The minimum Gasteiger partial charge on any atom is -0.377 e. The molecule has 8 aromatic heterocycles. The summed E-state index contributed by atoms with van der Waals surface area (Å²) in [5.74, 6) is -6.00. The number of para-hydroxylation sites is 1. The maximum absolute atomic E-state index is 13.4. The fourth-order valence-electron chi connectivity index (χ4n) is 13.1. The van der Waals surface area contributed by atoms with Gasteiger partial charge in [0.2, 0.25) is 41.1 Å². The smallest absolute Gasteiger partial charge is 0.322 e. The van der Waals surface area contributed by atoms with Crippen LogP contribution in [0.3, 0.4) is 0 Å². The van der Waals surface area contributed by atoms with Crippen molar-refractivity contribution in [3.8, 4) is 0 Å². The molecule has 0 saturated carbocycles. The summed E-state index contributed by atoms with van der Waals surface area (Å²) in [6.07, 6.45) is 15.9. The van der Waals surface area contributed by atoms with Crippen molar-refractivity contribution in [1.29, 1.82) is 0 Å². The van der Waals surface area contributed by atoms with Crippen LogP contribution in [0, 0.1) is 0 Å².